The zero-order valence-electron chi connectivity index (χ0n) is 13.8. The number of Topliss-reactive ketones (excluding diaryl/α,β-unsaturated/α-hetero) is 1. The average molecular weight is 365 g/mol. The largest absolute Gasteiger partial charge is 0.286 e. The van der Waals surface area contributed by atoms with Crippen molar-refractivity contribution in [3.05, 3.63) is 77.7 Å². The monoisotopic (exact) mass is 365 g/mol. The third-order valence-corrected chi connectivity index (χ3v) is 6.20. The van der Waals surface area contributed by atoms with Crippen LogP contribution in [-0.2, 0) is 14.8 Å². The summed E-state index contributed by atoms with van der Waals surface area (Å²) in [6.45, 7) is 0. The molecule has 0 atom stereocenters. The van der Waals surface area contributed by atoms with E-state index in [2.05, 4.69) is 0 Å². The summed E-state index contributed by atoms with van der Waals surface area (Å²) in [5.74, 6) is -1.31. The minimum absolute atomic E-state index is 0.125. The van der Waals surface area contributed by atoms with Crippen molar-refractivity contribution in [2.45, 2.75) is 17.7 Å². The summed E-state index contributed by atoms with van der Waals surface area (Å²) < 4.78 is 27.3. The van der Waals surface area contributed by atoms with E-state index in [1.54, 1.807) is 18.2 Å². The Morgan fingerprint density at radius 3 is 2.46 bits per heavy atom. The maximum atomic E-state index is 13.1. The van der Waals surface area contributed by atoms with Crippen LogP contribution in [0.5, 0.6) is 0 Å². The summed E-state index contributed by atoms with van der Waals surface area (Å²) >= 11 is 0. The molecule has 0 fully saturated rings. The third kappa shape index (κ3) is 2.50. The molecule has 0 saturated carbocycles. The van der Waals surface area contributed by atoms with Crippen LogP contribution in [0.25, 0.3) is 11.6 Å². The van der Waals surface area contributed by atoms with Crippen LogP contribution in [0.3, 0.4) is 0 Å². The molecule has 2 aliphatic carbocycles. The Kier molecular flexibility index (Phi) is 3.85. The van der Waals surface area contributed by atoms with Gasteiger partial charge in [0.15, 0.2) is 0 Å². The van der Waals surface area contributed by atoms with E-state index in [4.69, 9.17) is 0 Å². The van der Waals surface area contributed by atoms with Crippen molar-refractivity contribution in [2.75, 3.05) is 0 Å². The highest BCUT2D eigenvalue weighted by Gasteiger charge is 2.32. The summed E-state index contributed by atoms with van der Waals surface area (Å²) in [7, 11) is -3.88. The highest BCUT2D eigenvalue weighted by Crippen LogP contribution is 2.34. The van der Waals surface area contributed by atoms with Crippen molar-refractivity contribution >= 4 is 33.2 Å². The van der Waals surface area contributed by atoms with Crippen LogP contribution >= 0.6 is 0 Å². The number of hydrogen-bond acceptors (Lipinski definition) is 4. The Balaban J connectivity index is 1.99. The number of benzene rings is 1. The maximum absolute atomic E-state index is 13.1. The molecule has 2 aromatic rings. The molecule has 0 saturated heterocycles. The van der Waals surface area contributed by atoms with Gasteiger partial charge in [-0.3, -0.25) is 9.59 Å². The lowest BCUT2D eigenvalue weighted by atomic mass is 9.91. The summed E-state index contributed by atoms with van der Waals surface area (Å²) in [4.78, 5) is 24.5. The van der Waals surface area contributed by atoms with Crippen LogP contribution in [0.4, 0.5) is 0 Å². The predicted octanol–water partition coefficient (Wildman–Crippen LogP) is 3.24. The minimum Gasteiger partial charge on any atom is -0.286 e. The molecule has 0 aliphatic heterocycles. The van der Waals surface area contributed by atoms with Crippen LogP contribution in [0, 0.1) is 0 Å². The molecule has 6 heteroatoms. The van der Waals surface area contributed by atoms with Gasteiger partial charge >= 0.3 is 0 Å². The van der Waals surface area contributed by atoms with Crippen molar-refractivity contribution < 1.29 is 18.0 Å². The number of rotatable bonds is 3. The Labute approximate surface area is 151 Å². The van der Waals surface area contributed by atoms with Crippen molar-refractivity contribution in [3.63, 3.8) is 0 Å². The van der Waals surface area contributed by atoms with E-state index in [1.807, 2.05) is 18.2 Å². The van der Waals surface area contributed by atoms with Crippen LogP contribution in [0.2, 0.25) is 0 Å². The highest BCUT2D eigenvalue weighted by molar-refractivity contribution is 7.90. The van der Waals surface area contributed by atoms with Crippen LogP contribution in [0.15, 0.2) is 65.7 Å². The quantitative estimate of drug-likeness (QED) is 0.783. The van der Waals surface area contributed by atoms with Gasteiger partial charge in [0.1, 0.15) is 0 Å². The first-order valence-electron chi connectivity index (χ1n) is 8.19. The van der Waals surface area contributed by atoms with Gasteiger partial charge in [0, 0.05) is 11.8 Å². The lowest BCUT2D eigenvalue weighted by Gasteiger charge is -2.12. The first-order valence-corrected chi connectivity index (χ1v) is 9.63. The second kappa shape index (κ2) is 6.07. The second-order valence-corrected chi connectivity index (χ2v) is 7.92. The van der Waals surface area contributed by atoms with Gasteiger partial charge in [-0.05, 0) is 42.7 Å². The number of carbonyl (C=O) groups excluding carboxylic acids is 2. The Morgan fingerprint density at radius 2 is 1.77 bits per heavy atom. The molecule has 0 amide bonds. The van der Waals surface area contributed by atoms with E-state index in [0.29, 0.717) is 12.0 Å². The molecule has 26 heavy (non-hydrogen) atoms. The SMILES string of the molecule is O=C1C=Cc2c(c(C3=CC=CCC3)cn2S(=O)(=O)c2ccccc2)C1=O. The van der Waals surface area contributed by atoms with Gasteiger partial charge in [0.25, 0.3) is 10.0 Å². The van der Waals surface area contributed by atoms with Crippen molar-refractivity contribution in [3.8, 4) is 0 Å². The molecule has 1 heterocycles. The maximum Gasteiger partial charge on any atom is 0.268 e. The molecule has 1 aromatic carbocycles. The number of carbonyl (C=O) groups is 2. The Hall–Kier alpha value is -2.99. The van der Waals surface area contributed by atoms with Gasteiger partial charge in [-0.15, -0.1) is 0 Å². The first kappa shape index (κ1) is 16.5. The van der Waals surface area contributed by atoms with Gasteiger partial charge in [0.2, 0.25) is 11.6 Å². The normalized spacial score (nSPS) is 16.5. The molecule has 4 rings (SSSR count). The van der Waals surface area contributed by atoms with Gasteiger partial charge in [-0.25, -0.2) is 12.4 Å². The summed E-state index contributed by atoms with van der Waals surface area (Å²) in [6, 6.07) is 8.02. The van der Waals surface area contributed by atoms with Crippen LogP contribution in [-0.4, -0.2) is 24.0 Å². The fraction of sp³-hybridized carbons (Fsp3) is 0.100. The number of aromatic nitrogens is 1. The minimum atomic E-state index is -3.88. The van der Waals surface area contributed by atoms with Crippen molar-refractivity contribution in [1.29, 1.82) is 0 Å². The number of ketones is 2. The number of hydrogen-bond donors (Lipinski definition) is 0. The number of fused-ring (bicyclic) bond motifs is 1. The fourth-order valence-electron chi connectivity index (χ4n) is 3.22. The third-order valence-electron chi connectivity index (χ3n) is 4.51. The Bertz CT molecular complexity index is 1120. The molecule has 2 aliphatic rings. The van der Waals surface area contributed by atoms with Gasteiger partial charge in [-0.2, -0.15) is 0 Å². The van der Waals surface area contributed by atoms with E-state index < -0.39 is 21.6 Å². The van der Waals surface area contributed by atoms with Crippen LogP contribution < -0.4 is 0 Å². The van der Waals surface area contributed by atoms with E-state index in [-0.39, 0.29) is 16.2 Å². The van der Waals surface area contributed by atoms with E-state index in [1.165, 1.54) is 24.4 Å². The fourth-order valence-corrected chi connectivity index (χ4v) is 4.61. The highest BCUT2D eigenvalue weighted by atomic mass is 32.2. The standard InChI is InChI=1S/C20H15NO4S/c22-18-12-11-17-19(20(18)23)16(14-7-3-1-4-8-14)13-21(17)26(24,25)15-9-5-2-6-10-15/h1-3,5-7,9-13H,4,8H2. The second-order valence-electron chi connectivity index (χ2n) is 6.10. The molecule has 1 aromatic heterocycles. The molecule has 0 spiro atoms. The van der Waals surface area contributed by atoms with E-state index in [9.17, 15) is 18.0 Å². The molecule has 0 N–H and O–H groups in total. The molecule has 5 nitrogen and oxygen atoms in total. The number of allylic oxidation sites excluding steroid dienone is 5. The smallest absolute Gasteiger partial charge is 0.268 e. The zero-order chi connectivity index (χ0) is 18.3. The summed E-state index contributed by atoms with van der Waals surface area (Å²) in [6.07, 6.45) is 11.2. The average Bonchev–Trinajstić information content (AvgIpc) is 3.07. The molecule has 0 radical (unpaired) electrons. The van der Waals surface area contributed by atoms with E-state index in [0.717, 1.165) is 22.0 Å². The Morgan fingerprint density at radius 1 is 1.00 bits per heavy atom. The molecular formula is C20H15NO4S. The topological polar surface area (TPSA) is 73.2 Å². The van der Waals surface area contributed by atoms with Crippen molar-refractivity contribution in [1.82, 2.24) is 3.97 Å². The summed E-state index contributed by atoms with van der Waals surface area (Å²) in [5.41, 5.74) is 1.75. The van der Waals surface area contributed by atoms with Gasteiger partial charge < -0.3 is 0 Å². The van der Waals surface area contributed by atoms with Gasteiger partial charge in [0.05, 0.1) is 16.2 Å². The van der Waals surface area contributed by atoms with Crippen LogP contribution in [0.1, 0.15) is 34.5 Å². The molecule has 130 valence electrons. The first-order chi connectivity index (χ1) is 12.5. The molecule has 0 bridgehead atoms. The number of nitrogens with zero attached hydrogens (tertiary/aromatic N) is 1. The van der Waals surface area contributed by atoms with Gasteiger partial charge in [-0.1, -0.05) is 36.4 Å². The summed E-state index contributed by atoms with van der Waals surface area (Å²) in [5, 5.41) is 0. The lowest BCUT2D eigenvalue weighted by molar-refractivity contribution is -0.110. The molecular weight excluding hydrogens is 350 g/mol. The molecule has 0 unspecified atom stereocenters. The van der Waals surface area contributed by atoms with E-state index >= 15 is 0 Å². The lowest BCUT2D eigenvalue weighted by Crippen LogP contribution is -2.20. The zero-order valence-corrected chi connectivity index (χ0v) is 14.6. The van der Waals surface area contributed by atoms with Crippen molar-refractivity contribution in [2.24, 2.45) is 0 Å². The predicted molar refractivity (Wildman–Crippen MR) is 98.2 cm³/mol.